The van der Waals surface area contributed by atoms with Crippen molar-refractivity contribution in [3.63, 3.8) is 0 Å². The molecule has 2 heteroatoms. The van der Waals surface area contributed by atoms with E-state index in [1.807, 2.05) is 0 Å². The summed E-state index contributed by atoms with van der Waals surface area (Å²) in [5.41, 5.74) is 0.555. The Hall–Kier alpha value is -0.0800. The van der Waals surface area contributed by atoms with Crippen LogP contribution >= 0.6 is 0 Å². The van der Waals surface area contributed by atoms with Crippen molar-refractivity contribution in [2.24, 2.45) is 11.3 Å². The van der Waals surface area contributed by atoms with Crippen LogP contribution in [0.1, 0.15) is 71.1 Å². The molecular weight excluding hydrogens is 222 g/mol. The molecule has 0 radical (unpaired) electrons. The average Bonchev–Trinajstić information content (AvgIpc) is 2.45. The topological polar surface area (TPSA) is 21.3 Å². The maximum atomic E-state index is 6.38. The minimum atomic E-state index is 0.0639. The van der Waals surface area contributed by atoms with Crippen molar-refractivity contribution in [1.82, 2.24) is 5.32 Å². The maximum Gasteiger partial charge on any atom is 0.119 e. The molecule has 18 heavy (non-hydrogen) atoms. The first-order valence-corrected chi connectivity index (χ1v) is 8.15. The first kappa shape index (κ1) is 12.9. The van der Waals surface area contributed by atoms with E-state index in [1.54, 1.807) is 0 Å². The van der Waals surface area contributed by atoms with Gasteiger partial charge in [0.25, 0.3) is 0 Å². The van der Waals surface area contributed by atoms with Gasteiger partial charge in [-0.25, -0.2) is 0 Å². The second-order valence-corrected chi connectivity index (χ2v) is 7.05. The van der Waals surface area contributed by atoms with Crippen LogP contribution in [-0.4, -0.2) is 18.9 Å². The Bertz CT molecular complexity index is 263. The summed E-state index contributed by atoms with van der Waals surface area (Å²) in [6, 6.07) is 0. The lowest BCUT2D eigenvalue weighted by Gasteiger charge is -2.51. The van der Waals surface area contributed by atoms with E-state index >= 15 is 0 Å². The molecule has 0 aromatic rings. The summed E-state index contributed by atoms with van der Waals surface area (Å²) >= 11 is 0. The second-order valence-electron chi connectivity index (χ2n) is 7.05. The minimum absolute atomic E-state index is 0.0639. The van der Waals surface area contributed by atoms with E-state index in [1.165, 1.54) is 70.8 Å². The standard InChI is InChI=1S/C16H29NO/c1-2-14-6-10-16(11-7-14)17-12-15(13-18-16)8-4-3-5-9-15/h14,17H,2-13H2,1H3. The van der Waals surface area contributed by atoms with Gasteiger partial charge in [-0.05, 0) is 44.4 Å². The monoisotopic (exact) mass is 251 g/mol. The SMILES string of the molecule is CCC1CCC2(CC1)NCC1(CCCCC1)CO2. The molecule has 0 amide bonds. The fourth-order valence-electron chi connectivity index (χ4n) is 4.24. The largest absolute Gasteiger partial charge is 0.360 e. The minimum Gasteiger partial charge on any atom is -0.360 e. The quantitative estimate of drug-likeness (QED) is 0.764. The van der Waals surface area contributed by atoms with Gasteiger partial charge in [-0.3, -0.25) is 5.32 Å². The van der Waals surface area contributed by atoms with Crippen molar-refractivity contribution in [3.8, 4) is 0 Å². The van der Waals surface area contributed by atoms with E-state index in [9.17, 15) is 0 Å². The van der Waals surface area contributed by atoms with Gasteiger partial charge in [-0.2, -0.15) is 0 Å². The summed E-state index contributed by atoms with van der Waals surface area (Å²) in [7, 11) is 0. The van der Waals surface area contributed by atoms with Crippen LogP contribution < -0.4 is 5.32 Å². The number of nitrogens with one attached hydrogen (secondary N) is 1. The molecule has 1 saturated heterocycles. The molecule has 2 aliphatic carbocycles. The Labute approximate surface area is 112 Å². The first-order chi connectivity index (χ1) is 8.76. The van der Waals surface area contributed by atoms with Crippen molar-refractivity contribution in [1.29, 1.82) is 0 Å². The van der Waals surface area contributed by atoms with E-state index in [0.29, 0.717) is 5.41 Å². The zero-order chi connectivity index (χ0) is 12.5. The Morgan fingerprint density at radius 3 is 2.33 bits per heavy atom. The van der Waals surface area contributed by atoms with Crippen LogP contribution in [0.4, 0.5) is 0 Å². The van der Waals surface area contributed by atoms with Gasteiger partial charge in [0.2, 0.25) is 0 Å². The van der Waals surface area contributed by atoms with Crippen molar-refractivity contribution in [3.05, 3.63) is 0 Å². The molecule has 3 rings (SSSR count). The third kappa shape index (κ3) is 2.46. The van der Waals surface area contributed by atoms with E-state index in [4.69, 9.17) is 4.74 Å². The van der Waals surface area contributed by atoms with Crippen molar-refractivity contribution < 1.29 is 4.74 Å². The Morgan fingerprint density at radius 1 is 1.06 bits per heavy atom. The van der Waals surface area contributed by atoms with Gasteiger partial charge in [0.15, 0.2) is 0 Å². The zero-order valence-electron chi connectivity index (χ0n) is 12.0. The van der Waals surface area contributed by atoms with E-state index in [-0.39, 0.29) is 5.72 Å². The van der Waals surface area contributed by atoms with Crippen LogP contribution in [-0.2, 0) is 4.74 Å². The maximum absolute atomic E-state index is 6.38. The lowest BCUT2D eigenvalue weighted by Crippen LogP contribution is -2.60. The van der Waals surface area contributed by atoms with Gasteiger partial charge in [-0.1, -0.05) is 32.6 Å². The molecule has 104 valence electrons. The van der Waals surface area contributed by atoms with Gasteiger partial charge in [0, 0.05) is 12.0 Å². The third-order valence-corrected chi connectivity index (χ3v) is 5.84. The predicted molar refractivity (Wildman–Crippen MR) is 74.5 cm³/mol. The number of rotatable bonds is 1. The Kier molecular flexibility index (Phi) is 3.68. The van der Waals surface area contributed by atoms with Crippen molar-refractivity contribution in [2.45, 2.75) is 76.9 Å². The number of ether oxygens (including phenoxy) is 1. The highest BCUT2D eigenvalue weighted by Gasteiger charge is 2.44. The van der Waals surface area contributed by atoms with Gasteiger partial charge >= 0.3 is 0 Å². The van der Waals surface area contributed by atoms with Gasteiger partial charge in [0.05, 0.1) is 6.61 Å². The third-order valence-electron chi connectivity index (χ3n) is 5.84. The molecular formula is C16H29NO. The van der Waals surface area contributed by atoms with E-state index in [2.05, 4.69) is 12.2 Å². The lowest BCUT2D eigenvalue weighted by molar-refractivity contribution is -0.172. The molecule has 0 aromatic heterocycles. The predicted octanol–water partition coefficient (Wildman–Crippen LogP) is 3.85. The molecule has 2 saturated carbocycles. The normalized spacial score (nSPS) is 40.2. The Balaban J connectivity index is 1.56. The summed E-state index contributed by atoms with van der Waals surface area (Å²) in [6.07, 6.45) is 13.6. The summed E-state index contributed by atoms with van der Waals surface area (Å²) in [4.78, 5) is 0. The first-order valence-electron chi connectivity index (χ1n) is 8.15. The average molecular weight is 251 g/mol. The van der Waals surface area contributed by atoms with Gasteiger partial charge in [-0.15, -0.1) is 0 Å². The molecule has 0 bridgehead atoms. The highest BCUT2D eigenvalue weighted by atomic mass is 16.5. The van der Waals surface area contributed by atoms with Crippen LogP contribution in [0.2, 0.25) is 0 Å². The van der Waals surface area contributed by atoms with Gasteiger partial charge in [0.1, 0.15) is 5.72 Å². The van der Waals surface area contributed by atoms with Gasteiger partial charge < -0.3 is 4.74 Å². The summed E-state index contributed by atoms with van der Waals surface area (Å²) in [5, 5.41) is 3.82. The molecule has 2 nitrogen and oxygen atoms in total. The van der Waals surface area contributed by atoms with Crippen LogP contribution in [0.3, 0.4) is 0 Å². The molecule has 0 unspecified atom stereocenters. The molecule has 0 atom stereocenters. The summed E-state index contributed by atoms with van der Waals surface area (Å²) < 4.78 is 6.38. The van der Waals surface area contributed by atoms with Crippen LogP contribution in [0, 0.1) is 11.3 Å². The molecule has 1 N–H and O–H groups in total. The van der Waals surface area contributed by atoms with E-state index < -0.39 is 0 Å². The highest BCUT2D eigenvalue weighted by Crippen LogP contribution is 2.43. The molecule has 2 spiro atoms. The summed E-state index contributed by atoms with van der Waals surface area (Å²) in [6.45, 7) is 4.56. The number of hydrogen-bond donors (Lipinski definition) is 1. The summed E-state index contributed by atoms with van der Waals surface area (Å²) in [5.74, 6) is 0.951. The Morgan fingerprint density at radius 2 is 1.78 bits per heavy atom. The molecule has 0 aromatic carbocycles. The fraction of sp³-hybridized carbons (Fsp3) is 1.00. The van der Waals surface area contributed by atoms with Crippen molar-refractivity contribution >= 4 is 0 Å². The van der Waals surface area contributed by atoms with Crippen LogP contribution in [0.25, 0.3) is 0 Å². The molecule has 3 aliphatic rings. The highest BCUT2D eigenvalue weighted by molar-refractivity contribution is 4.95. The molecule has 3 fully saturated rings. The molecule has 1 aliphatic heterocycles. The number of hydrogen-bond acceptors (Lipinski definition) is 2. The second kappa shape index (κ2) is 5.13. The van der Waals surface area contributed by atoms with E-state index in [0.717, 1.165) is 12.5 Å². The lowest BCUT2D eigenvalue weighted by atomic mass is 9.72. The smallest absolute Gasteiger partial charge is 0.119 e. The van der Waals surface area contributed by atoms with Crippen LogP contribution in [0.5, 0.6) is 0 Å². The molecule has 1 heterocycles. The van der Waals surface area contributed by atoms with Crippen LogP contribution in [0.15, 0.2) is 0 Å². The zero-order valence-corrected chi connectivity index (χ0v) is 12.0. The fourth-order valence-corrected chi connectivity index (χ4v) is 4.24. The van der Waals surface area contributed by atoms with Crippen molar-refractivity contribution in [2.75, 3.05) is 13.2 Å².